The van der Waals surface area contributed by atoms with E-state index in [1.165, 1.54) is 5.56 Å². The third-order valence-electron chi connectivity index (χ3n) is 1.81. The van der Waals surface area contributed by atoms with Gasteiger partial charge in [0.15, 0.2) is 0 Å². The largest absolute Gasteiger partial charge is 0.472 e. The van der Waals surface area contributed by atoms with Gasteiger partial charge in [-0.15, -0.1) is 11.8 Å². The van der Waals surface area contributed by atoms with Crippen molar-refractivity contribution in [2.24, 2.45) is 0 Å². The molecule has 0 spiro atoms. The Kier molecular flexibility index (Phi) is 1.92. The van der Waals surface area contributed by atoms with Crippen LogP contribution in [0.3, 0.4) is 0 Å². The van der Waals surface area contributed by atoms with Crippen molar-refractivity contribution in [3.8, 4) is 0 Å². The lowest BCUT2D eigenvalue weighted by molar-refractivity contribution is 0.561. The minimum Gasteiger partial charge on any atom is -0.472 e. The fourth-order valence-electron chi connectivity index (χ4n) is 1.22. The van der Waals surface area contributed by atoms with Crippen LogP contribution in [0, 0.1) is 0 Å². The number of rotatable bonds is 1. The predicted molar refractivity (Wildman–Crippen MR) is 46.5 cm³/mol. The van der Waals surface area contributed by atoms with Gasteiger partial charge in [0, 0.05) is 17.4 Å². The Balaban J connectivity index is 2.08. The molecule has 0 aromatic carbocycles. The van der Waals surface area contributed by atoms with Gasteiger partial charge in [-0.3, -0.25) is 0 Å². The first-order valence-electron chi connectivity index (χ1n) is 3.77. The molecule has 2 heterocycles. The van der Waals surface area contributed by atoms with Gasteiger partial charge in [0.05, 0.1) is 17.9 Å². The second-order valence-electron chi connectivity index (χ2n) is 2.79. The molecule has 0 aliphatic carbocycles. The van der Waals surface area contributed by atoms with Crippen molar-refractivity contribution in [3.63, 3.8) is 0 Å². The highest BCUT2D eigenvalue weighted by Gasteiger charge is 2.22. The second-order valence-corrected chi connectivity index (χ2v) is 4.34. The lowest BCUT2D eigenvalue weighted by Crippen LogP contribution is -2.13. The zero-order valence-corrected chi connectivity index (χ0v) is 7.23. The van der Waals surface area contributed by atoms with Crippen LogP contribution in [0.2, 0.25) is 0 Å². The van der Waals surface area contributed by atoms with Gasteiger partial charge in [0.2, 0.25) is 0 Å². The molecule has 2 nitrogen and oxygen atoms in total. The van der Waals surface area contributed by atoms with Gasteiger partial charge in [-0.2, -0.15) is 0 Å². The molecule has 1 fully saturated rings. The molecular weight excluding hydrogens is 158 g/mol. The quantitative estimate of drug-likeness (QED) is 0.696. The number of hydrogen-bond acceptors (Lipinski definition) is 3. The van der Waals surface area contributed by atoms with E-state index in [1.807, 2.05) is 24.1 Å². The molecule has 0 radical (unpaired) electrons. The standard InChI is InChI=1S/C8H11NOS/c1-6-4-9-8(11-6)7-2-3-10-5-7/h2-3,5-6,8-9H,4H2,1H3. The zero-order valence-electron chi connectivity index (χ0n) is 6.41. The van der Waals surface area contributed by atoms with E-state index < -0.39 is 0 Å². The zero-order chi connectivity index (χ0) is 7.68. The molecule has 1 saturated heterocycles. The Bertz CT molecular complexity index is 222. The minimum absolute atomic E-state index is 0.448. The van der Waals surface area contributed by atoms with E-state index in [9.17, 15) is 0 Å². The van der Waals surface area contributed by atoms with Crippen molar-refractivity contribution in [1.29, 1.82) is 0 Å². The smallest absolute Gasteiger partial charge is 0.0959 e. The van der Waals surface area contributed by atoms with Crippen molar-refractivity contribution in [2.75, 3.05) is 6.54 Å². The first kappa shape index (κ1) is 7.25. The number of nitrogens with one attached hydrogen (secondary N) is 1. The van der Waals surface area contributed by atoms with Crippen LogP contribution in [0.4, 0.5) is 0 Å². The molecule has 0 bridgehead atoms. The first-order chi connectivity index (χ1) is 5.36. The van der Waals surface area contributed by atoms with Gasteiger partial charge in [0.25, 0.3) is 0 Å². The van der Waals surface area contributed by atoms with E-state index >= 15 is 0 Å². The molecule has 2 rings (SSSR count). The van der Waals surface area contributed by atoms with Gasteiger partial charge < -0.3 is 9.73 Å². The van der Waals surface area contributed by atoms with Crippen molar-refractivity contribution >= 4 is 11.8 Å². The fraction of sp³-hybridized carbons (Fsp3) is 0.500. The van der Waals surface area contributed by atoms with Crippen molar-refractivity contribution < 1.29 is 4.42 Å². The topological polar surface area (TPSA) is 25.2 Å². The molecule has 2 atom stereocenters. The Morgan fingerprint density at radius 2 is 2.64 bits per heavy atom. The average molecular weight is 169 g/mol. The summed E-state index contributed by atoms with van der Waals surface area (Å²) in [5.41, 5.74) is 1.25. The minimum atomic E-state index is 0.448. The van der Waals surface area contributed by atoms with Gasteiger partial charge in [-0.1, -0.05) is 6.92 Å². The fourth-order valence-corrected chi connectivity index (χ4v) is 2.36. The van der Waals surface area contributed by atoms with E-state index in [2.05, 4.69) is 12.2 Å². The summed E-state index contributed by atoms with van der Waals surface area (Å²) in [6.07, 6.45) is 3.53. The van der Waals surface area contributed by atoms with Crippen LogP contribution in [-0.4, -0.2) is 11.8 Å². The van der Waals surface area contributed by atoms with Crippen LogP contribution in [0.5, 0.6) is 0 Å². The summed E-state index contributed by atoms with van der Waals surface area (Å²) in [6, 6.07) is 2.02. The monoisotopic (exact) mass is 169 g/mol. The van der Waals surface area contributed by atoms with Gasteiger partial charge in [-0.25, -0.2) is 0 Å². The number of hydrogen-bond donors (Lipinski definition) is 1. The van der Waals surface area contributed by atoms with Gasteiger partial charge >= 0.3 is 0 Å². The molecule has 0 amide bonds. The summed E-state index contributed by atoms with van der Waals surface area (Å²) in [6.45, 7) is 3.33. The summed E-state index contributed by atoms with van der Waals surface area (Å²) < 4.78 is 5.01. The molecule has 1 aromatic heterocycles. The van der Waals surface area contributed by atoms with E-state index in [4.69, 9.17) is 4.42 Å². The summed E-state index contributed by atoms with van der Waals surface area (Å²) in [4.78, 5) is 0. The molecule has 11 heavy (non-hydrogen) atoms. The van der Waals surface area contributed by atoms with Crippen LogP contribution in [0.1, 0.15) is 17.9 Å². The average Bonchev–Trinajstić information content (AvgIpc) is 2.55. The highest BCUT2D eigenvalue weighted by atomic mass is 32.2. The summed E-state index contributed by atoms with van der Waals surface area (Å²) in [5, 5.41) is 4.58. The van der Waals surface area contributed by atoms with E-state index in [-0.39, 0.29) is 0 Å². The van der Waals surface area contributed by atoms with Crippen LogP contribution in [0.15, 0.2) is 23.0 Å². The van der Waals surface area contributed by atoms with Crippen LogP contribution in [-0.2, 0) is 0 Å². The molecule has 1 aliphatic heterocycles. The first-order valence-corrected chi connectivity index (χ1v) is 4.71. The lowest BCUT2D eigenvalue weighted by atomic mass is 10.3. The number of thioether (sulfide) groups is 1. The maximum Gasteiger partial charge on any atom is 0.0959 e. The van der Waals surface area contributed by atoms with E-state index in [0.717, 1.165) is 11.8 Å². The Morgan fingerprint density at radius 1 is 1.73 bits per heavy atom. The van der Waals surface area contributed by atoms with Crippen LogP contribution in [0.25, 0.3) is 0 Å². The molecule has 60 valence electrons. The Labute approximate surface area is 70.4 Å². The summed E-state index contributed by atoms with van der Waals surface area (Å²) in [5.74, 6) is 0. The number of furan rings is 1. The molecule has 1 aliphatic rings. The lowest BCUT2D eigenvalue weighted by Gasteiger charge is -2.04. The van der Waals surface area contributed by atoms with Crippen molar-refractivity contribution in [3.05, 3.63) is 24.2 Å². The van der Waals surface area contributed by atoms with E-state index in [0.29, 0.717) is 5.37 Å². The normalized spacial score (nSPS) is 31.0. The molecule has 0 saturated carbocycles. The van der Waals surface area contributed by atoms with Crippen molar-refractivity contribution in [1.82, 2.24) is 5.32 Å². The molecule has 1 aromatic rings. The predicted octanol–water partition coefficient (Wildman–Crippen LogP) is 2.00. The van der Waals surface area contributed by atoms with Gasteiger partial charge in [-0.05, 0) is 6.07 Å². The molecule has 2 unspecified atom stereocenters. The third kappa shape index (κ3) is 1.44. The Hall–Kier alpha value is -0.410. The van der Waals surface area contributed by atoms with E-state index in [1.54, 1.807) is 6.26 Å². The molecular formula is C8H11NOS. The highest BCUT2D eigenvalue weighted by molar-refractivity contribution is 8.00. The SMILES string of the molecule is CC1CNC(c2ccoc2)S1. The maximum absolute atomic E-state index is 5.01. The summed E-state index contributed by atoms with van der Waals surface area (Å²) in [7, 11) is 0. The third-order valence-corrected chi connectivity index (χ3v) is 3.15. The molecule has 3 heteroatoms. The maximum atomic E-state index is 5.01. The summed E-state index contributed by atoms with van der Waals surface area (Å²) >= 11 is 1.95. The van der Waals surface area contributed by atoms with Crippen molar-refractivity contribution in [2.45, 2.75) is 17.5 Å². The highest BCUT2D eigenvalue weighted by Crippen LogP contribution is 2.34. The molecule has 1 N–H and O–H groups in total. The van der Waals surface area contributed by atoms with Crippen LogP contribution < -0.4 is 5.32 Å². The Morgan fingerprint density at radius 3 is 3.18 bits per heavy atom. The van der Waals surface area contributed by atoms with Gasteiger partial charge in [0.1, 0.15) is 0 Å². The second kappa shape index (κ2) is 2.91. The van der Waals surface area contributed by atoms with Crippen LogP contribution >= 0.6 is 11.8 Å².